The minimum Gasteiger partial charge on any atom is -0.456 e. The molecular weight excluding hydrogens is 352 g/mol. The highest BCUT2D eigenvalue weighted by atomic mass is 79.9. The van der Waals surface area contributed by atoms with E-state index in [0.29, 0.717) is 6.42 Å². The smallest absolute Gasteiger partial charge is 0.135 e. The summed E-state index contributed by atoms with van der Waals surface area (Å²) in [4.78, 5) is 0. The van der Waals surface area contributed by atoms with Gasteiger partial charge in [-0.25, -0.2) is 0 Å². The summed E-state index contributed by atoms with van der Waals surface area (Å²) < 4.78 is 6.87. The Kier molecular flexibility index (Phi) is 3.68. The van der Waals surface area contributed by atoms with Crippen LogP contribution in [0.5, 0.6) is 0 Å². The van der Waals surface area contributed by atoms with Crippen LogP contribution in [0.3, 0.4) is 0 Å². The molecule has 0 fully saturated rings. The van der Waals surface area contributed by atoms with E-state index in [1.165, 1.54) is 0 Å². The average Bonchev–Trinajstić information content (AvgIpc) is 2.93. The highest BCUT2D eigenvalue weighted by molar-refractivity contribution is 9.10. The van der Waals surface area contributed by atoms with E-state index in [0.717, 1.165) is 37.5 Å². The molecular formula is C20H15BrO2. The highest BCUT2D eigenvalue weighted by Gasteiger charge is 2.13. The Hall–Kier alpha value is -2.10. The first-order valence-electron chi connectivity index (χ1n) is 7.54. The third-order valence-corrected chi connectivity index (χ3v) is 4.61. The summed E-state index contributed by atoms with van der Waals surface area (Å²) in [5.41, 5.74) is 3.73. The molecule has 0 bridgehead atoms. The maximum Gasteiger partial charge on any atom is 0.135 e. The molecule has 114 valence electrons. The lowest BCUT2D eigenvalue weighted by Crippen LogP contribution is -2.01. The van der Waals surface area contributed by atoms with Crippen molar-refractivity contribution in [3.63, 3.8) is 0 Å². The Morgan fingerprint density at radius 1 is 0.870 bits per heavy atom. The maximum absolute atomic E-state index is 10.6. The summed E-state index contributed by atoms with van der Waals surface area (Å²) in [6.45, 7) is 0. The molecule has 1 unspecified atom stereocenters. The van der Waals surface area contributed by atoms with Gasteiger partial charge in [-0.15, -0.1) is 0 Å². The van der Waals surface area contributed by atoms with Crippen molar-refractivity contribution >= 4 is 37.9 Å². The lowest BCUT2D eigenvalue weighted by molar-refractivity contribution is 0.178. The lowest BCUT2D eigenvalue weighted by Gasteiger charge is -2.11. The van der Waals surface area contributed by atoms with Crippen molar-refractivity contribution in [2.45, 2.75) is 12.5 Å². The first-order valence-corrected chi connectivity index (χ1v) is 8.34. The standard InChI is InChI=1S/C20H15BrO2/c21-15-7-9-20-17(12-15)16-11-14(6-8-19(16)23-20)18(22)10-13-4-2-1-3-5-13/h1-9,11-12,18,22H,10H2. The van der Waals surface area contributed by atoms with E-state index in [1.54, 1.807) is 0 Å². The van der Waals surface area contributed by atoms with Crippen LogP contribution < -0.4 is 0 Å². The summed E-state index contributed by atoms with van der Waals surface area (Å²) in [6, 6.07) is 21.9. The van der Waals surface area contributed by atoms with E-state index in [2.05, 4.69) is 22.0 Å². The summed E-state index contributed by atoms with van der Waals surface area (Å²) >= 11 is 3.50. The fourth-order valence-corrected chi connectivity index (χ4v) is 3.29. The van der Waals surface area contributed by atoms with Gasteiger partial charge >= 0.3 is 0 Å². The number of rotatable bonds is 3. The van der Waals surface area contributed by atoms with E-state index >= 15 is 0 Å². The van der Waals surface area contributed by atoms with Crippen molar-refractivity contribution in [1.29, 1.82) is 0 Å². The Labute approximate surface area is 142 Å². The van der Waals surface area contributed by atoms with Gasteiger partial charge in [0.25, 0.3) is 0 Å². The normalized spacial score (nSPS) is 12.8. The van der Waals surface area contributed by atoms with Crippen LogP contribution in [0.15, 0.2) is 75.6 Å². The third-order valence-electron chi connectivity index (χ3n) is 4.11. The molecule has 0 amide bonds. The van der Waals surface area contributed by atoms with Gasteiger partial charge < -0.3 is 9.52 Å². The molecule has 0 aliphatic carbocycles. The first-order chi connectivity index (χ1) is 11.2. The second-order valence-corrected chi connectivity index (χ2v) is 6.62. The number of aliphatic hydroxyl groups is 1. The molecule has 0 saturated heterocycles. The molecule has 0 saturated carbocycles. The first kappa shape index (κ1) is 14.5. The lowest BCUT2D eigenvalue weighted by atomic mass is 10.00. The Balaban J connectivity index is 1.75. The number of fused-ring (bicyclic) bond motifs is 3. The zero-order chi connectivity index (χ0) is 15.8. The van der Waals surface area contributed by atoms with Gasteiger partial charge in [-0.05, 0) is 41.5 Å². The molecule has 1 aromatic heterocycles. The van der Waals surface area contributed by atoms with Crippen LogP contribution in [0.2, 0.25) is 0 Å². The Bertz CT molecular complexity index is 973. The van der Waals surface area contributed by atoms with E-state index in [-0.39, 0.29) is 0 Å². The topological polar surface area (TPSA) is 33.4 Å². The van der Waals surface area contributed by atoms with Gasteiger partial charge in [0.2, 0.25) is 0 Å². The molecule has 0 spiro atoms. The largest absolute Gasteiger partial charge is 0.456 e. The molecule has 23 heavy (non-hydrogen) atoms. The quantitative estimate of drug-likeness (QED) is 0.510. The Morgan fingerprint density at radius 2 is 1.57 bits per heavy atom. The van der Waals surface area contributed by atoms with Crippen molar-refractivity contribution in [3.8, 4) is 0 Å². The maximum atomic E-state index is 10.6. The van der Waals surface area contributed by atoms with Gasteiger partial charge in [-0.2, -0.15) is 0 Å². The average molecular weight is 367 g/mol. The third kappa shape index (κ3) is 2.78. The number of halogens is 1. The molecule has 4 aromatic rings. The van der Waals surface area contributed by atoms with Gasteiger partial charge in [-0.1, -0.05) is 52.3 Å². The molecule has 0 radical (unpaired) electrons. The van der Waals surface area contributed by atoms with Crippen LogP contribution in [0, 0.1) is 0 Å². The molecule has 3 heteroatoms. The van der Waals surface area contributed by atoms with E-state index in [9.17, 15) is 5.11 Å². The minimum atomic E-state index is -0.529. The van der Waals surface area contributed by atoms with Gasteiger partial charge in [0.1, 0.15) is 11.2 Å². The van der Waals surface area contributed by atoms with Crippen molar-refractivity contribution in [2.24, 2.45) is 0 Å². The zero-order valence-corrected chi connectivity index (χ0v) is 14.0. The summed E-state index contributed by atoms with van der Waals surface area (Å²) in [5.74, 6) is 0. The predicted molar refractivity (Wildman–Crippen MR) is 96.5 cm³/mol. The van der Waals surface area contributed by atoms with Crippen LogP contribution in [-0.4, -0.2) is 5.11 Å². The fraction of sp³-hybridized carbons (Fsp3) is 0.100. The van der Waals surface area contributed by atoms with Gasteiger partial charge in [-0.3, -0.25) is 0 Å². The molecule has 1 atom stereocenters. The minimum absolute atomic E-state index is 0.529. The summed E-state index contributed by atoms with van der Waals surface area (Å²) in [7, 11) is 0. The van der Waals surface area contributed by atoms with E-state index in [4.69, 9.17) is 4.42 Å². The summed E-state index contributed by atoms with van der Waals surface area (Å²) in [6.07, 6.45) is 0.0742. The number of aliphatic hydroxyl groups excluding tert-OH is 1. The highest BCUT2D eigenvalue weighted by Crippen LogP contribution is 2.33. The number of hydrogen-bond donors (Lipinski definition) is 1. The molecule has 0 aliphatic rings. The molecule has 2 nitrogen and oxygen atoms in total. The monoisotopic (exact) mass is 366 g/mol. The van der Waals surface area contributed by atoms with Crippen LogP contribution in [0.1, 0.15) is 17.2 Å². The van der Waals surface area contributed by atoms with Gasteiger partial charge in [0.05, 0.1) is 6.10 Å². The predicted octanol–water partition coefficient (Wildman–Crippen LogP) is 5.62. The fourth-order valence-electron chi connectivity index (χ4n) is 2.93. The van der Waals surface area contributed by atoms with E-state index in [1.807, 2.05) is 60.7 Å². The van der Waals surface area contributed by atoms with Crippen molar-refractivity contribution in [2.75, 3.05) is 0 Å². The number of hydrogen-bond acceptors (Lipinski definition) is 2. The zero-order valence-electron chi connectivity index (χ0n) is 12.4. The molecule has 1 heterocycles. The Morgan fingerprint density at radius 3 is 2.35 bits per heavy atom. The molecule has 3 aromatic carbocycles. The second-order valence-electron chi connectivity index (χ2n) is 5.70. The molecule has 0 aliphatic heterocycles. The van der Waals surface area contributed by atoms with Crippen molar-refractivity contribution in [1.82, 2.24) is 0 Å². The SMILES string of the molecule is OC(Cc1ccccc1)c1ccc2oc3ccc(Br)cc3c2c1. The summed E-state index contributed by atoms with van der Waals surface area (Å²) in [5, 5.41) is 12.6. The van der Waals surface area contributed by atoms with Crippen LogP contribution in [0.4, 0.5) is 0 Å². The van der Waals surface area contributed by atoms with Crippen LogP contribution in [0.25, 0.3) is 21.9 Å². The number of benzene rings is 3. The van der Waals surface area contributed by atoms with Crippen molar-refractivity contribution in [3.05, 3.63) is 82.3 Å². The second kappa shape index (κ2) is 5.84. The van der Waals surface area contributed by atoms with Crippen molar-refractivity contribution < 1.29 is 9.52 Å². The molecule has 4 rings (SSSR count). The van der Waals surface area contributed by atoms with Crippen LogP contribution in [-0.2, 0) is 6.42 Å². The number of furan rings is 1. The van der Waals surface area contributed by atoms with Gasteiger partial charge in [0, 0.05) is 21.7 Å². The molecule has 1 N–H and O–H groups in total. The van der Waals surface area contributed by atoms with Gasteiger partial charge in [0.15, 0.2) is 0 Å². The van der Waals surface area contributed by atoms with Crippen LogP contribution >= 0.6 is 15.9 Å². The van der Waals surface area contributed by atoms with E-state index < -0.39 is 6.10 Å².